The van der Waals surface area contributed by atoms with Crippen molar-refractivity contribution in [3.05, 3.63) is 54.1 Å². The number of halogens is 1. The van der Waals surface area contributed by atoms with E-state index in [9.17, 15) is 9.90 Å². The number of phenols is 1. The molecule has 4 N–H and O–H groups in total. The Kier molecular flexibility index (Phi) is 6.67. The Morgan fingerprint density at radius 3 is 2.48 bits per heavy atom. The molecule has 2 aromatic rings. The lowest BCUT2D eigenvalue weighted by Crippen LogP contribution is -2.37. The molecule has 0 saturated carbocycles. The average molecular weight is 362 g/mol. The lowest BCUT2D eigenvalue weighted by Gasteiger charge is -2.31. The number of carbonyl (C=O) groups excluding carboxylic acids is 1. The van der Waals surface area contributed by atoms with Gasteiger partial charge in [0.25, 0.3) is 0 Å². The summed E-state index contributed by atoms with van der Waals surface area (Å²) in [5.41, 5.74) is 8.54. The molecule has 0 atom stereocenters. The zero-order valence-electron chi connectivity index (χ0n) is 14.0. The van der Waals surface area contributed by atoms with Crippen LogP contribution in [0.15, 0.2) is 48.5 Å². The summed E-state index contributed by atoms with van der Waals surface area (Å²) in [7, 11) is 0. The van der Waals surface area contributed by atoms with E-state index in [4.69, 9.17) is 5.73 Å². The van der Waals surface area contributed by atoms with E-state index in [1.807, 2.05) is 18.2 Å². The molecule has 1 aliphatic heterocycles. The van der Waals surface area contributed by atoms with Crippen LogP contribution in [0, 0.1) is 5.92 Å². The summed E-state index contributed by atoms with van der Waals surface area (Å²) in [6.07, 6.45) is 1.71. The van der Waals surface area contributed by atoms with Gasteiger partial charge in [0.05, 0.1) is 0 Å². The highest BCUT2D eigenvalue weighted by Crippen LogP contribution is 2.22. The fourth-order valence-corrected chi connectivity index (χ4v) is 3.09. The maximum atomic E-state index is 12.4. The van der Waals surface area contributed by atoms with Crippen molar-refractivity contribution in [1.29, 1.82) is 0 Å². The van der Waals surface area contributed by atoms with Crippen LogP contribution in [0.5, 0.6) is 5.75 Å². The third-order valence-electron chi connectivity index (χ3n) is 4.45. The quantitative estimate of drug-likeness (QED) is 0.577. The van der Waals surface area contributed by atoms with Crippen LogP contribution in [-0.4, -0.2) is 29.0 Å². The molecule has 0 aromatic heterocycles. The largest absolute Gasteiger partial charge is 0.508 e. The summed E-state index contributed by atoms with van der Waals surface area (Å²) in [4.78, 5) is 14.7. The van der Waals surface area contributed by atoms with Crippen molar-refractivity contribution in [2.75, 3.05) is 24.1 Å². The Labute approximate surface area is 154 Å². The lowest BCUT2D eigenvalue weighted by atomic mass is 9.95. The number of nitrogens with zero attached hydrogens (tertiary/aromatic N) is 1. The second-order valence-electron chi connectivity index (χ2n) is 6.33. The van der Waals surface area contributed by atoms with Crippen LogP contribution < -0.4 is 11.1 Å². The van der Waals surface area contributed by atoms with Gasteiger partial charge in [-0.15, -0.1) is 12.4 Å². The number of likely N-dealkylation sites (tertiary alicyclic amines) is 1. The molecule has 0 radical (unpaired) electrons. The van der Waals surface area contributed by atoms with E-state index >= 15 is 0 Å². The van der Waals surface area contributed by atoms with Crippen LogP contribution in [-0.2, 0) is 11.3 Å². The highest BCUT2D eigenvalue weighted by atomic mass is 35.5. The van der Waals surface area contributed by atoms with Gasteiger partial charge in [0.1, 0.15) is 5.75 Å². The van der Waals surface area contributed by atoms with Crippen molar-refractivity contribution < 1.29 is 9.90 Å². The minimum absolute atomic E-state index is 0. The number of nitrogens with one attached hydrogen (secondary N) is 1. The molecule has 0 aliphatic carbocycles. The van der Waals surface area contributed by atoms with Crippen LogP contribution in [0.3, 0.4) is 0 Å². The summed E-state index contributed by atoms with van der Waals surface area (Å²) in [5.74, 6) is 0.294. The van der Waals surface area contributed by atoms with Crippen LogP contribution in [0.2, 0.25) is 0 Å². The molecule has 6 heteroatoms. The first-order valence-electron chi connectivity index (χ1n) is 8.27. The van der Waals surface area contributed by atoms with E-state index in [0.29, 0.717) is 0 Å². The number of piperidine rings is 1. The number of phenolic OH excluding ortho intramolecular Hbond substituents is 1. The van der Waals surface area contributed by atoms with Gasteiger partial charge in [-0.1, -0.05) is 12.1 Å². The summed E-state index contributed by atoms with van der Waals surface area (Å²) >= 11 is 0. The van der Waals surface area contributed by atoms with Gasteiger partial charge in [0.2, 0.25) is 5.91 Å². The zero-order chi connectivity index (χ0) is 16.9. The van der Waals surface area contributed by atoms with Gasteiger partial charge in [-0.2, -0.15) is 0 Å². The summed E-state index contributed by atoms with van der Waals surface area (Å²) in [6.45, 7) is 2.68. The lowest BCUT2D eigenvalue weighted by molar-refractivity contribution is -0.121. The first kappa shape index (κ1) is 19.1. The Bertz CT molecular complexity index is 698. The number of amides is 1. The van der Waals surface area contributed by atoms with Gasteiger partial charge in [0.15, 0.2) is 0 Å². The van der Waals surface area contributed by atoms with Gasteiger partial charge >= 0.3 is 0 Å². The summed E-state index contributed by atoms with van der Waals surface area (Å²) < 4.78 is 0. The molecule has 25 heavy (non-hydrogen) atoms. The third-order valence-corrected chi connectivity index (χ3v) is 4.45. The number of nitrogen functional groups attached to an aromatic ring is 1. The predicted molar refractivity (Wildman–Crippen MR) is 103 cm³/mol. The molecule has 1 aliphatic rings. The number of anilines is 2. The van der Waals surface area contributed by atoms with Gasteiger partial charge < -0.3 is 16.2 Å². The second kappa shape index (κ2) is 8.74. The highest BCUT2D eigenvalue weighted by molar-refractivity contribution is 5.92. The minimum Gasteiger partial charge on any atom is -0.508 e. The van der Waals surface area contributed by atoms with Crippen LogP contribution in [0.1, 0.15) is 18.4 Å². The first-order valence-corrected chi connectivity index (χ1v) is 8.27. The fraction of sp³-hybridized carbons (Fsp3) is 0.316. The number of nitrogens with two attached hydrogens (primary N) is 1. The maximum Gasteiger partial charge on any atom is 0.227 e. The Balaban J connectivity index is 0.00000225. The third kappa shape index (κ3) is 5.37. The maximum absolute atomic E-state index is 12.4. The van der Waals surface area contributed by atoms with Gasteiger partial charge in [0, 0.05) is 23.8 Å². The van der Waals surface area contributed by atoms with Gasteiger partial charge in [-0.25, -0.2) is 0 Å². The molecule has 0 bridgehead atoms. The second-order valence-corrected chi connectivity index (χ2v) is 6.33. The van der Waals surface area contributed by atoms with Crippen LogP contribution in [0.4, 0.5) is 11.4 Å². The molecule has 1 amide bonds. The molecule has 0 unspecified atom stereocenters. The first-order chi connectivity index (χ1) is 11.6. The van der Waals surface area contributed by atoms with Crippen molar-refractivity contribution >= 4 is 29.7 Å². The Morgan fingerprint density at radius 1 is 1.16 bits per heavy atom. The van der Waals surface area contributed by atoms with E-state index in [1.165, 1.54) is 5.56 Å². The number of hydrogen-bond donors (Lipinski definition) is 3. The van der Waals surface area contributed by atoms with Crippen molar-refractivity contribution in [3.8, 4) is 5.75 Å². The number of hydrogen-bond acceptors (Lipinski definition) is 4. The van der Waals surface area contributed by atoms with E-state index in [0.717, 1.165) is 43.9 Å². The van der Waals surface area contributed by atoms with E-state index in [1.54, 1.807) is 24.3 Å². The molecule has 1 saturated heterocycles. The Hall–Kier alpha value is -2.24. The number of benzene rings is 2. The van der Waals surface area contributed by atoms with E-state index in [-0.39, 0.29) is 30.0 Å². The molecule has 0 spiro atoms. The minimum atomic E-state index is 0. The molecular weight excluding hydrogens is 338 g/mol. The Morgan fingerprint density at radius 2 is 1.84 bits per heavy atom. The smallest absolute Gasteiger partial charge is 0.227 e. The monoisotopic (exact) mass is 361 g/mol. The van der Waals surface area contributed by atoms with Crippen LogP contribution >= 0.6 is 12.4 Å². The standard InChI is InChI=1S/C19H23N3O2.ClH/c20-16-3-1-2-14(12-16)13-22-10-8-15(9-11-22)19(24)21-17-4-6-18(23)7-5-17;/h1-7,12,15,23H,8-11,13,20H2,(H,21,24);1H. The van der Waals surface area contributed by atoms with Crippen molar-refractivity contribution in [1.82, 2.24) is 4.90 Å². The van der Waals surface area contributed by atoms with Gasteiger partial charge in [-0.05, 0) is 67.9 Å². The van der Waals surface area contributed by atoms with Gasteiger partial charge in [-0.3, -0.25) is 9.69 Å². The number of aromatic hydroxyl groups is 1. The molecule has 1 fully saturated rings. The van der Waals surface area contributed by atoms with Crippen LogP contribution in [0.25, 0.3) is 0 Å². The number of rotatable bonds is 4. The molecule has 3 rings (SSSR count). The highest BCUT2D eigenvalue weighted by Gasteiger charge is 2.25. The number of carbonyl (C=O) groups is 1. The molecule has 134 valence electrons. The molecule has 5 nitrogen and oxygen atoms in total. The SMILES string of the molecule is Cl.Nc1cccc(CN2CCC(C(=O)Nc3ccc(O)cc3)CC2)c1. The van der Waals surface area contributed by atoms with Crippen molar-refractivity contribution in [2.24, 2.45) is 5.92 Å². The summed E-state index contributed by atoms with van der Waals surface area (Å²) in [6, 6.07) is 14.5. The fourth-order valence-electron chi connectivity index (χ4n) is 3.09. The summed E-state index contributed by atoms with van der Waals surface area (Å²) in [5, 5.41) is 12.2. The molecule has 1 heterocycles. The normalized spacial score (nSPS) is 15.4. The average Bonchev–Trinajstić information content (AvgIpc) is 2.57. The van der Waals surface area contributed by atoms with Crippen molar-refractivity contribution in [3.63, 3.8) is 0 Å². The molecular formula is C19H24ClN3O2. The van der Waals surface area contributed by atoms with Crippen molar-refractivity contribution in [2.45, 2.75) is 19.4 Å². The zero-order valence-corrected chi connectivity index (χ0v) is 14.8. The topological polar surface area (TPSA) is 78.6 Å². The molecule has 2 aromatic carbocycles. The van der Waals surface area contributed by atoms with E-state index < -0.39 is 0 Å². The van der Waals surface area contributed by atoms with E-state index in [2.05, 4.69) is 16.3 Å². The predicted octanol–water partition coefficient (Wildman–Crippen LogP) is 3.25.